The van der Waals surface area contributed by atoms with Gasteiger partial charge in [0.15, 0.2) is 0 Å². The Morgan fingerprint density at radius 2 is 1.24 bits per heavy atom. The van der Waals surface area contributed by atoms with Gasteiger partial charge in [0.1, 0.15) is 55.7 Å². The molecule has 0 amide bonds. The molecule has 2 aromatic rings. The maximum atomic E-state index is 5.97. The van der Waals surface area contributed by atoms with E-state index in [1.165, 1.54) is 0 Å². The van der Waals surface area contributed by atoms with Crippen LogP contribution in [0.5, 0.6) is 11.5 Å². The fraction of sp³-hybridized carbons (Fsp3) is 0.421. The molecule has 4 heterocycles. The maximum absolute atomic E-state index is 5.97. The topological polar surface area (TPSA) is 87.0 Å². The summed E-state index contributed by atoms with van der Waals surface area (Å²) in [6, 6.07) is 16.7. The van der Waals surface area contributed by atoms with Crippen molar-refractivity contribution in [1.82, 2.24) is 0 Å². The van der Waals surface area contributed by atoms with Gasteiger partial charge < -0.3 is 37.9 Å². The minimum absolute atomic E-state index is 0.0566. The maximum Gasteiger partial charge on any atom is 0.119 e. The van der Waals surface area contributed by atoms with Crippen LogP contribution in [0.3, 0.4) is 0 Å². The van der Waals surface area contributed by atoms with Crippen LogP contribution in [0, 0.1) is 0 Å². The number of rotatable bonds is 21. The standard InChI is InChI=1S/C38H44O8/c1-3-27(7-5-17-39-19-33-21-43-33)37(29-9-13-31(14-10-29)41-23-35-25-45-35)38(28(4-2)8-6-18-40-20-34-22-44-34)30-11-15-32(16-12-30)42-24-36-26-46-36/h3-17,33-38H,1,18-26H2,2H3/b8-6-,17-5+,27-7+,28-4+. The van der Waals surface area contributed by atoms with E-state index in [1.807, 2.05) is 36.4 Å². The van der Waals surface area contributed by atoms with Crippen molar-refractivity contribution in [2.24, 2.45) is 0 Å². The Kier molecular flexibility index (Phi) is 11.4. The molecule has 6 atom stereocenters. The summed E-state index contributed by atoms with van der Waals surface area (Å²) in [5.41, 5.74) is 4.48. The van der Waals surface area contributed by atoms with Gasteiger partial charge in [-0.25, -0.2) is 0 Å². The van der Waals surface area contributed by atoms with E-state index in [2.05, 4.69) is 62.1 Å². The van der Waals surface area contributed by atoms with Crippen LogP contribution in [0.4, 0.5) is 0 Å². The average molecular weight is 629 g/mol. The zero-order valence-electron chi connectivity index (χ0n) is 26.5. The third-order valence-corrected chi connectivity index (χ3v) is 8.15. The largest absolute Gasteiger partial charge is 0.498 e. The smallest absolute Gasteiger partial charge is 0.119 e. The van der Waals surface area contributed by atoms with Crippen molar-refractivity contribution < 1.29 is 37.9 Å². The summed E-state index contributed by atoms with van der Waals surface area (Å²) < 4.78 is 44.7. The van der Waals surface area contributed by atoms with Crippen molar-refractivity contribution in [2.45, 2.75) is 43.2 Å². The van der Waals surface area contributed by atoms with Gasteiger partial charge in [-0.3, -0.25) is 0 Å². The van der Waals surface area contributed by atoms with Gasteiger partial charge in [0.2, 0.25) is 0 Å². The Morgan fingerprint density at radius 3 is 1.74 bits per heavy atom. The summed E-state index contributed by atoms with van der Waals surface area (Å²) in [4.78, 5) is 0. The molecule has 0 bridgehead atoms. The number of benzene rings is 2. The molecule has 0 saturated carbocycles. The van der Waals surface area contributed by atoms with Crippen LogP contribution in [0.1, 0.15) is 29.9 Å². The minimum Gasteiger partial charge on any atom is -0.498 e. The Morgan fingerprint density at radius 1 is 0.739 bits per heavy atom. The molecule has 0 aromatic heterocycles. The van der Waals surface area contributed by atoms with E-state index in [0.717, 1.165) is 60.2 Å². The first-order valence-corrected chi connectivity index (χ1v) is 16.1. The van der Waals surface area contributed by atoms with E-state index in [0.29, 0.717) is 33.0 Å². The van der Waals surface area contributed by atoms with E-state index in [-0.39, 0.29) is 36.3 Å². The first kappa shape index (κ1) is 32.3. The van der Waals surface area contributed by atoms with E-state index < -0.39 is 0 Å². The van der Waals surface area contributed by atoms with Crippen LogP contribution in [-0.4, -0.2) is 83.9 Å². The lowest BCUT2D eigenvalue weighted by atomic mass is 9.72. The Labute approximate surface area is 271 Å². The predicted molar refractivity (Wildman–Crippen MR) is 175 cm³/mol. The summed E-state index contributed by atoms with van der Waals surface area (Å²) >= 11 is 0. The summed E-state index contributed by atoms with van der Waals surface area (Å²) in [5.74, 6) is 1.50. The molecule has 4 aliphatic heterocycles. The highest BCUT2D eigenvalue weighted by molar-refractivity contribution is 5.49. The molecule has 4 aliphatic rings. The SMILES string of the molecule is C=C/C(=C\C=C\OCC1CO1)C(c1ccc(OCC2CO2)cc1)C(C(/C=C\COCC1CO1)=C/C)c1ccc(OCC2CO2)cc1. The monoisotopic (exact) mass is 628 g/mol. The molecule has 6 rings (SSSR count). The summed E-state index contributed by atoms with van der Waals surface area (Å²) in [7, 11) is 0. The van der Waals surface area contributed by atoms with Crippen molar-refractivity contribution in [1.29, 1.82) is 0 Å². The van der Waals surface area contributed by atoms with Gasteiger partial charge in [-0.1, -0.05) is 61.2 Å². The first-order valence-electron chi connectivity index (χ1n) is 16.1. The van der Waals surface area contributed by atoms with E-state index in [9.17, 15) is 0 Å². The number of hydrogen-bond acceptors (Lipinski definition) is 8. The van der Waals surface area contributed by atoms with Crippen LogP contribution < -0.4 is 9.47 Å². The summed E-state index contributed by atoms with van der Waals surface area (Å²) in [5, 5.41) is 0. The Bertz CT molecular complexity index is 1380. The molecular weight excluding hydrogens is 584 g/mol. The van der Waals surface area contributed by atoms with Gasteiger partial charge in [-0.15, -0.1) is 0 Å². The van der Waals surface area contributed by atoms with Crippen LogP contribution >= 0.6 is 0 Å². The molecule has 8 nitrogen and oxygen atoms in total. The van der Waals surface area contributed by atoms with Gasteiger partial charge in [0.25, 0.3) is 0 Å². The number of epoxide rings is 4. The van der Waals surface area contributed by atoms with Gasteiger partial charge in [0.05, 0.1) is 45.9 Å². The summed E-state index contributed by atoms with van der Waals surface area (Å²) in [6.45, 7) is 12.2. The molecule has 6 unspecified atom stereocenters. The third-order valence-electron chi connectivity index (χ3n) is 8.15. The molecule has 0 radical (unpaired) electrons. The molecule has 0 N–H and O–H groups in total. The third kappa shape index (κ3) is 10.2. The second-order valence-corrected chi connectivity index (χ2v) is 11.8. The molecule has 4 fully saturated rings. The molecular formula is C38H44O8. The van der Waals surface area contributed by atoms with Crippen molar-refractivity contribution >= 4 is 0 Å². The second kappa shape index (κ2) is 16.3. The highest BCUT2D eigenvalue weighted by Crippen LogP contribution is 2.45. The van der Waals surface area contributed by atoms with Gasteiger partial charge >= 0.3 is 0 Å². The molecule has 8 heteroatoms. The lowest BCUT2D eigenvalue weighted by molar-refractivity contribution is 0.141. The molecule has 2 aromatic carbocycles. The van der Waals surface area contributed by atoms with Crippen LogP contribution in [0.25, 0.3) is 0 Å². The van der Waals surface area contributed by atoms with Crippen molar-refractivity contribution in [3.8, 4) is 11.5 Å². The molecule has 46 heavy (non-hydrogen) atoms. The number of ether oxygens (including phenoxy) is 8. The van der Waals surface area contributed by atoms with E-state index >= 15 is 0 Å². The Balaban J connectivity index is 1.31. The number of hydrogen-bond donors (Lipinski definition) is 0. The van der Waals surface area contributed by atoms with Crippen molar-refractivity contribution in [3.05, 3.63) is 120 Å². The Hall–Kier alpha value is -3.66. The quantitative estimate of drug-likeness (QED) is 0.0713. The lowest BCUT2D eigenvalue weighted by Crippen LogP contribution is -2.16. The fourth-order valence-corrected chi connectivity index (χ4v) is 5.23. The first-order chi connectivity index (χ1) is 22.7. The summed E-state index contributed by atoms with van der Waals surface area (Å²) in [6.07, 6.45) is 14.9. The van der Waals surface area contributed by atoms with Crippen molar-refractivity contribution in [3.63, 3.8) is 0 Å². The van der Waals surface area contributed by atoms with E-state index in [1.54, 1.807) is 6.26 Å². The molecule has 244 valence electrons. The molecule has 0 spiro atoms. The van der Waals surface area contributed by atoms with Gasteiger partial charge in [-0.05, 0) is 59.5 Å². The van der Waals surface area contributed by atoms with Gasteiger partial charge in [-0.2, -0.15) is 0 Å². The lowest BCUT2D eigenvalue weighted by Gasteiger charge is -2.31. The molecule has 4 saturated heterocycles. The minimum atomic E-state index is -0.0852. The van der Waals surface area contributed by atoms with Crippen LogP contribution in [-0.2, 0) is 28.4 Å². The second-order valence-electron chi connectivity index (χ2n) is 11.8. The highest BCUT2D eigenvalue weighted by atomic mass is 16.6. The normalized spacial score (nSPS) is 24.9. The van der Waals surface area contributed by atoms with Crippen LogP contribution in [0.2, 0.25) is 0 Å². The zero-order chi connectivity index (χ0) is 31.6. The predicted octanol–water partition coefficient (Wildman–Crippen LogP) is 6.07. The average Bonchev–Trinajstić information content (AvgIpc) is 3.89. The fourth-order valence-electron chi connectivity index (χ4n) is 5.23. The number of allylic oxidation sites excluding steroid dienone is 7. The van der Waals surface area contributed by atoms with Crippen LogP contribution in [0.15, 0.2) is 109 Å². The van der Waals surface area contributed by atoms with Gasteiger partial charge in [0, 0.05) is 11.8 Å². The van der Waals surface area contributed by atoms with Crippen molar-refractivity contribution in [2.75, 3.05) is 59.5 Å². The highest BCUT2D eigenvalue weighted by Gasteiger charge is 2.30. The van der Waals surface area contributed by atoms with E-state index in [4.69, 9.17) is 37.9 Å². The zero-order valence-corrected chi connectivity index (χ0v) is 26.5. The molecule has 0 aliphatic carbocycles.